The quantitative estimate of drug-likeness (QED) is 0.870. The third kappa shape index (κ3) is 4.42. The Hall–Kier alpha value is -2.14. The highest BCUT2D eigenvalue weighted by Gasteiger charge is 2.13. The molecule has 0 fully saturated rings. The van der Waals surface area contributed by atoms with Crippen molar-refractivity contribution < 1.29 is 4.79 Å². The van der Waals surface area contributed by atoms with Crippen molar-refractivity contribution in [2.45, 2.75) is 26.7 Å². The molecule has 23 heavy (non-hydrogen) atoms. The van der Waals surface area contributed by atoms with Crippen LogP contribution in [0.25, 0.3) is 0 Å². The van der Waals surface area contributed by atoms with Crippen LogP contribution < -0.4 is 10.2 Å². The Bertz CT molecular complexity index is 690. The van der Waals surface area contributed by atoms with Gasteiger partial charge in [-0.05, 0) is 37.1 Å². The normalized spacial score (nSPS) is 10.4. The molecule has 0 atom stereocenters. The minimum Gasteiger partial charge on any atom is -0.344 e. The zero-order valence-electron chi connectivity index (χ0n) is 13.6. The Morgan fingerprint density at radius 2 is 2.13 bits per heavy atom. The van der Waals surface area contributed by atoms with Gasteiger partial charge >= 0.3 is 0 Å². The van der Waals surface area contributed by atoms with E-state index < -0.39 is 0 Å². The molecule has 0 aliphatic rings. The minimum absolute atomic E-state index is 0.275. The summed E-state index contributed by atoms with van der Waals surface area (Å²) in [6.45, 7) is 4.85. The van der Waals surface area contributed by atoms with Gasteiger partial charge < -0.3 is 10.2 Å². The summed E-state index contributed by atoms with van der Waals surface area (Å²) in [5.74, 6) is 0.275. The molecular formula is C17H21ClN4O. The summed E-state index contributed by atoms with van der Waals surface area (Å²) >= 11 is 6.07. The van der Waals surface area contributed by atoms with Gasteiger partial charge in [0, 0.05) is 30.5 Å². The summed E-state index contributed by atoms with van der Waals surface area (Å²) in [6.07, 6.45) is 3.75. The van der Waals surface area contributed by atoms with Gasteiger partial charge in [0.1, 0.15) is 5.69 Å². The maximum Gasteiger partial charge on any atom is 0.274 e. The molecular weight excluding hydrogens is 312 g/mol. The minimum atomic E-state index is -0.275. The molecule has 1 heterocycles. The van der Waals surface area contributed by atoms with Gasteiger partial charge in [0.05, 0.1) is 0 Å². The second-order valence-corrected chi connectivity index (χ2v) is 5.79. The smallest absolute Gasteiger partial charge is 0.274 e. The molecule has 5 nitrogen and oxygen atoms in total. The molecule has 1 aromatic heterocycles. The first-order valence-corrected chi connectivity index (χ1v) is 8.01. The van der Waals surface area contributed by atoms with Crippen LogP contribution >= 0.6 is 11.6 Å². The van der Waals surface area contributed by atoms with Crippen LogP contribution in [0.3, 0.4) is 0 Å². The van der Waals surface area contributed by atoms with Gasteiger partial charge in [0.25, 0.3) is 5.91 Å². The monoisotopic (exact) mass is 332 g/mol. The fourth-order valence-electron chi connectivity index (χ4n) is 2.08. The molecule has 1 aromatic carbocycles. The molecule has 0 aliphatic carbocycles. The molecule has 0 spiro atoms. The fraction of sp³-hybridized carbons (Fsp3) is 0.353. The van der Waals surface area contributed by atoms with Gasteiger partial charge in [0.15, 0.2) is 0 Å². The van der Waals surface area contributed by atoms with E-state index in [1.165, 1.54) is 0 Å². The summed E-state index contributed by atoms with van der Waals surface area (Å²) in [5, 5.41) is 3.46. The Kier molecular flexibility index (Phi) is 5.93. The van der Waals surface area contributed by atoms with Gasteiger partial charge in [-0.15, -0.1) is 0 Å². The second-order valence-electron chi connectivity index (χ2n) is 5.38. The van der Waals surface area contributed by atoms with Gasteiger partial charge in [-0.1, -0.05) is 31.0 Å². The highest BCUT2D eigenvalue weighted by molar-refractivity contribution is 6.31. The van der Waals surface area contributed by atoms with E-state index in [1.807, 2.05) is 24.9 Å². The molecule has 0 saturated heterocycles. The number of benzene rings is 1. The van der Waals surface area contributed by atoms with E-state index in [0.717, 1.165) is 24.9 Å². The van der Waals surface area contributed by atoms with Crippen molar-refractivity contribution in [1.29, 1.82) is 0 Å². The number of halogens is 1. The number of anilines is 2. The first-order valence-electron chi connectivity index (χ1n) is 7.63. The number of amides is 1. The molecule has 0 saturated carbocycles. The lowest BCUT2D eigenvalue weighted by Crippen LogP contribution is -2.23. The number of aromatic nitrogens is 2. The first kappa shape index (κ1) is 17.2. The maximum absolute atomic E-state index is 12.4. The molecule has 0 unspecified atom stereocenters. The zero-order valence-corrected chi connectivity index (χ0v) is 14.4. The van der Waals surface area contributed by atoms with Crippen molar-refractivity contribution in [3.8, 4) is 0 Å². The summed E-state index contributed by atoms with van der Waals surface area (Å²) in [6, 6.07) is 7.01. The van der Waals surface area contributed by atoms with Crippen LogP contribution in [0.1, 0.15) is 35.8 Å². The molecule has 122 valence electrons. The van der Waals surface area contributed by atoms with Crippen LogP contribution in [-0.4, -0.2) is 29.5 Å². The van der Waals surface area contributed by atoms with Gasteiger partial charge in [-0.3, -0.25) is 4.79 Å². The number of rotatable bonds is 6. The maximum atomic E-state index is 12.4. The van der Waals surface area contributed by atoms with Crippen LogP contribution in [0.4, 0.5) is 11.6 Å². The highest BCUT2D eigenvalue weighted by Crippen LogP contribution is 2.23. The van der Waals surface area contributed by atoms with E-state index in [2.05, 4.69) is 22.2 Å². The van der Waals surface area contributed by atoms with Crippen LogP contribution in [0.5, 0.6) is 0 Å². The van der Waals surface area contributed by atoms with E-state index in [9.17, 15) is 4.79 Å². The predicted molar refractivity (Wildman–Crippen MR) is 94.4 cm³/mol. The van der Waals surface area contributed by atoms with Crippen LogP contribution in [0, 0.1) is 6.92 Å². The third-order valence-electron chi connectivity index (χ3n) is 3.58. The fourth-order valence-corrected chi connectivity index (χ4v) is 2.26. The number of carbonyl (C=O) groups excluding carboxylic acids is 1. The molecule has 2 aromatic rings. The first-order chi connectivity index (χ1) is 11.0. The Morgan fingerprint density at radius 1 is 1.35 bits per heavy atom. The molecule has 1 N–H and O–H groups in total. The molecule has 1 amide bonds. The molecule has 2 rings (SSSR count). The molecule has 0 aliphatic heterocycles. The van der Waals surface area contributed by atoms with Crippen molar-refractivity contribution >= 4 is 29.1 Å². The van der Waals surface area contributed by atoms with E-state index in [4.69, 9.17) is 11.6 Å². The lowest BCUT2D eigenvalue weighted by Gasteiger charge is -2.17. The number of nitrogens with one attached hydrogen (secondary N) is 1. The van der Waals surface area contributed by atoms with E-state index in [0.29, 0.717) is 22.4 Å². The summed E-state index contributed by atoms with van der Waals surface area (Å²) < 4.78 is 0. The van der Waals surface area contributed by atoms with Gasteiger partial charge in [-0.2, -0.15) is 0 Å². The van der Waals surface area contributed by atoms with Crippen molar-refractivity contribution in [3.63, 3.8) is 0 Å². The van der Waals surface area contributed by atoms with Gasteiger partial charge in [-0.25, -0.2) is 9.97 Å². The van der Waals surface area contributed by atoms with E-state index in [-0.39, 0.29) is 5.91 Å². The number of hydrogen-bond donors (Lipinski definition) is 1. The highest BCUT2D eigenvalue weighted by atomic mass is 35.5. The van der Waals surface area contributed by atoms with Crippen molar-refractivity contribution in [2.75, 3.05) is 23.8 Å². The molecule has 0 radical (unpaired) electrons. The standard InChI is InChI=1S/C17H21ClN4O/c1-4-5-11-22(3)17-19-10-9-15(21-17)16(23)20-14-8-6-7-13(18)12(14)2/h6-10H,4-5,11H2,1-3H3,(H,20,23). The average Bonchev–Trinajstić information content (AvgIpc) is 2.57. The third-order valence-corrected chi connectivity index (χ3v) is 3.99. The number of nitrogens with zero attached hydrogens (tertiary/aromatic N) is 3. The van der Waals surface area contributed by atoms with Crippen molar-refractivity contribution in [1.82, 2.24) is 9.97 Å². The van der Waals surface area contributed by atoms with Crippen LogP contribution in [0.15, 0.2) is 30.5 Å². The number of hydrogen-bond acceptors (Lipinski definition) is 4. The van der Waals surface area contributed by atoms with Crippen molar-refractivity contribution in [2.24, 2.45) is 0 Å². The van der Waals surface area contributed by atoms with Crippen LogP contribution in [-0.2, 0) is 0 Å². The van der Waals surface area contributed by atoms with E-state index >= 15 is 0 Å². The van der Waals surface area contributed by atoms with Crippen LogP contribution in [0.2, 0.25) is 5.02 Å². The Morgan fingerprint density at radius 3 is 2.87 bits per heavy atom. The topological polar surface area (TPSA) is 58.1 Å². The second kappa shape index (κ2) is 7.92. The summed E-state index contributed by atoms with van der Waals surface area (Å²) in [5.41, 5.74) is 1.84. The van der Waals surface area contributed by atoms with Crippen molar-refractivity contribution in [3.05, 3.63) is 46.7 Å². The molecule has 0 bridgehead atoms. The largest absolute Gasteiger partial charge is 0.344 e. The summed E-state index contributed by atoms with van der Waals surface area (Å²) in [4.78, 5) is 22.9. The molecule has 6 heteroatoms. The average molecular weight is 333 g/mol. The lowest BCUT2D eigenvalue weighted by atomic mass is 10.2. The predicted octanol–water partition coefficient (Wildman–Crippen LogP) is 3.93. The summed E-state index contributed by atoms with van der Waals surface area (Å²) in [7, 11) is 1.92. The van der Waals surface area contributed by atoms with Gasteiger partial charge in [0.2, 0.25) is 5.95 Å². The lowest BCUT2D eigenvalue weighted by molar-refractivity contribution is 0.102. The number of carbonyl (C=O) groups is 1. The Labute approximate surface area is 141 Å². The number of unbranched alkanes of at least 4 members (excludes halogenated alkanes) is 1. The van der Waals surface area contributed by atoms with E-state index in [1.54, 1.807) is 24.4 Å². The SMILES string of the molecule is CCCCN(C)c1nccc(C(=O)Nc2cccc(Cl)c2C)n1. The Balaban J connectivity index is 2.15. The zero-order chi connectivity index (χ0) is 16.8.